The molecule has 1 aliphatic carbocycles. The monoisotopic (exact) mass is 154 g/mol. The summed E-state index contributed by atoms with van der Waals surface area (Å²) >= 11 is 0. The van der Waals surface area contributed by atoms with Crippen LogP contribution in [-0.4, -0.2) is 22.4 Å². The molecule has 0 spiro atoms. The first-order valence-corrected chi connectivity index (χ1v) is 4.16. The van der Waals surface area contributed by atoms with Gasteiger partial charge in [0.05, 0.1) is 0 Å². The lowest BCUT2D eigenvalue weighted by Gasteiger charge is -2.00. The molecule has 0 aromatic carbocycles. The molecule has 0 aromatic heterocycles. The first-order chi connectivity index (χ1) is 5.29. The molecule has 0 aliphatic heterocycles. The lowest BCUT2D eigenvalue weighted by atomic mass is 10.1. The molecule has 2 atom stereocenters. The van der Waals surface area contributed by atoms with Crippen molar-refractivity contribution in [3.63, 3.8) is 0 Å². The number of hydrogen-bond acceptors (Lipinski definition) is 2. The molecule has 11 heavy (non-hydrogen) atoms. The Morgan fingerprint density at radius 3 is 1.73 bits per heavy atom. The zero-order valence-corrected chi connectivity index (χ0v) is 6.58. The highest BCUT2D eigenvalue weighted by molar-refractivity contribution is 5.09. The predicted octanol–water partition coefficient (Wildman–Crippen LogP) is 0.676. The highest BCUT2D eigenvalue weighted by Crippen LogP contribution is 2.09. The predicted molar refractivity (Wildman–Crippen MR) is 42.9 cm³/mol. The Morgan fingerprint density at radius 2 is 1.27 bits per heavy atom. The highest BCUT2D eigenvalue weighted by atomic mass is 16.3. The molecule has 0 amide bonds. The molecule has 0 radical (unpaired) electrons. The van der Waals surface area contributed by atoms with E-state index in [2.05, 4.69) is 11.8 Å². The quantitative estimate of drug-likeness (QED) is 0.504. The fraction of sp³-hybridized carbons (Fsp3) is 0.778. The molecule has 62 valence electrons. The summed E-state index contributed by atoms with van der Waals surface area (Å²) in [6.07, 6.45) is 3.56. The Morgan fingerprint density at radius 1 is 0.818 bits per heavy atom. The lowest BCUT2D eigenvalue weighted by Crippen LogP contribution is -2.04. The summed E-state index contributed by atoms with van der Waals surface area (Å²) in [5.41, 5.74) is 0. The minimum absolute atomic E-state index is 0.525. The summed E-state index contributed by atoms with van der Waals surface area (Å²) in [7, 11) is 0. The van der Waals surface area contributed by atoms with Crippen LogP contribution in [0.25, 0.3) is 0 Å². The highest BCUT2D eigenvalue weighted by Gasteiger charge is 2.04. The van der Waals surface area contributed by atoms with Crippen molar-refractivity contribution in [2.24, 2.45) is 0 Å². The Bertz CT molecular complexity index is 150. The molecule has 2 heteroatoms. The largest absolute Gasteiger partial charge is 0.380 e. The lowest BCUT2D eigenvalue weighted by molar-refractivity contribution is 0.217. The van der Waals surface area contributed by atoms with E-state index in [1.165, 1.54) is 0 Å². The second-order valence-electron chi connectivity index (χ2n) is 2.96. The van der Waals surface area contributed by atoms with Crippen LogP contribution in [0.4, 0.5) is 0 Å². The summed E-state index contributed by atoms with van der Waals surface area (Å²) in [5, 5.41) is 18.3. The number of rotatable bonds is 0. The van der Waals surface area contributed by atoms with Crippen molar-refractivity contribution in [3.8, 4) is 11.8 Å². The summed E-state index contributed by atoms with van der Waals surface area (Å²) < 4.78 is 0. The van der Waals surface area contributed by atoms with Crippen LogP contribution in [0, 0.1) is 11.8 Å². The van der Waals surface area contributed by atoms with Gasteiger partial charge in [-0.3, -0.25) is 0 Å². The van der Waals surface area contributed by atoms with Crippen LogP contribution in [0.15, 0.2) is 0 Å². The first-order valence-electron chi connectivity index (χ1n) is 4.16. The fourth-order valence-electron chi connectivity index (χ4n) is 1.19. The van der Waals surface area contributed by atoms with Crippen molar-refractivity contribution in [3.05, 3.63) is 0 Å². The minimum atomic E-state index is -0.525. The van der Waals surface area contributed by atoms with Gasteiger partial charge in [0.2, 0.25) is 0 Å². The molecule has 2 N–H and O–H groups in total. The Labute approximate surface area is 67.2 Å². The van der Waals surface area contributed by atoms with Crippen molar-refractivity contribution in [1.29, 1.82) is 0 Å². The molecule has 0 heterocycles. The topological polar surface area (TPSA) is 40.5 Å². The SMILES string of the molecule is OC1C#CC(O)CCCCC1. The number of aliphatic hydroxyl groups excluding tert-OH is 2. The molecule has 0 aromatic rings. The molecule has 0 saturated heterocycles. The summed E-state index contributed by atoms with van der Waals surface area (Å²) in [6, 6.07) is 0. The number of hydrogen-bond donors (Lipinski definition) is 2. The third-order valence-corrected chi connectivity index (χ3v) is 1.87. The van der Waals surface area contributed by atoms with Crippen molar-refractivity contribution in [2.75, 3.05) is 0 Å². The second kappa shape index (κ2) is 4.38. The van der Waals surface area contributed by atoms with Gasteiger partial charge in [0.25, 0.3) is 0 Å². The standard InChI is InChI=1S/C9H14O2/c10-8-4-2-1-3-5-9(11)7-6-8/h8-11H,1-5H2. The maximum absolute atomic E-state index is 9.17. The van der Waals surface area contributed by atoms with Crippen LogP contribution < -0.4 is 0 Å². The average Bonchev–Trinajstić information content (AvgIpc) is 2.06. The van der Waals surface area contributed by atoms with E-state index in [9.17, 15) is 10.2 Å². The zero-order valence-electron chi connectivity index (χ0n) is 6.58. The minimum Gasteiger partial charge on any atom is -0.380 e. The van der Waals surface area contributed by atoms with Crippen molar-refractivity contribution in [1.82, 2.24) is 0 Å². The van der Waals surface area contributed by atoms with Crippen LogP contribution in [0.2, 0.25) is 0 Å². The van der Waals surface area contributed by atoms with Crippen LogP contribution >= 0.6 is 0 Å². The molecule has 1 aliphatic rings. The molecule has 2 unspecified atom stereocenters. The van der Waals surface area contributed by atoms with Gasteiger partial charge >= 0.3 is 0 Å². The average molecular weight is 154 g/mol. The Hall–Kier alpha value is -0.520. The molecule has 0 saturated carbocycles. The summed E-state index contributed by atoms with van der Waals surface area (Å²) in [5.74, 6) is 5.26. The molecule has 1 rings (SSSR count). The van der Waals surface area contributed by atoms with Crippen LogP contribution in [0.3, 0.4) is 0 Å². The Balaban J connectivity index is 2.45. The van der Waals surface area contributed by atoms with E-state index in [1.807, 2.05) is 0 Å². The van der Waals surface area contributed by atoms with Crippen molar-refractivity contribution >= 4 is 0 Å². The summed E-state index contributed by atoms with van der Waals surface area (Å²) in [4.78, 5) is 0. The normalized spacial score (nSPS) is 32.5. The van der Waals surface area contributed by atoms with E-state index in [1.54, 1.807) is 0 Å². The van der Waals surface area contributed by atoms with Gasteiger partial charge in [-0.15, -0.1) is 0 Å². The van der Waals surface area contributed by atoms with Crippen molar-refractivity contribution < 1.29 is 10.2 Å². The molecule has 0 fully saturated rings. The van der Waals surface area contributed by atoms with Gasteiger partial charge in [0, 0.05) is 0 Å². The zero-order chi connectivity index (χ0) is 8.10. The summed E-state index contributed by atoms with van der Waals surface area (Å²) in [6.45, 7) is 0. The number of aliphatic hydroxyl groups is 2. The maximum atomic E-state index is 9.17. The van der Waals surface area contributed by atoms with E-state index in [-0.39, 0.29) is 0 Å². The molecule has 2 nitrogen and oxygen atoms in total. The smallest absolute Gasteiger partial charge is 0.114 e. The third-order valence-electron chi connectivity index (χ3n) is 1.87. The van der Waals surface area contributed by atoms with Gasteiger partial charge in [-0.05, 0) is 25.7 Å². The van der Waals surface area contributed by atoms with Gasteiger partial charge in [-0.25, -0.2) is 0 Å². The van der Waals surface area contributed by atoms with Crippen molar-refractivity contribution in [2.45, 2.75) is 44.3 Å². The first kappa shape index (κ1) is 8.58. The maximum Gasteiger partial charge on any atom is 0.114 e. The van der Waals surface area contributed by atoms with Crippen LogP contribution in [-0.2, 0) is 0 Å². The van der Waals surface area contributed by atoms with E-state index >= 15 is 0 Å². The van der Waals surface area contributed by atoms with E-state index in [0.29, 0.717) is 0 Å². The van der Waals surface area contributed by atoms with Gasteiger partial charge in [-0.1, -0.05) is 18.3 Å². The second-order valence-corrected chi connectivity index (χ2v) is 2.96. The molecular formula is C9H14O2. The molecule has 0 bridgehead atoms. The van der Waals surface area contributed by atoms with E-state index in [0.717, 1.165) is 32.1 Å². The van der Waals surface area contributed by atoms with Gasteiger partial charge in [0.1, 0.15) is 12.2 Å². The van der Waals surface area contributed by atoms with E-state index in [4.69, 9.17) is 0 Å². The molecular weight excluding hydrogens is 140 g/mol. The fourth-order valence-corrected chi connectivity index (χ4v) is 1.19. The van der Waals surface area contributed by atoms with Gasteiger partial charge < -0.3 is 10.2 Å². The van der Waals surface area contributed by atoms with E-state index < -0.39 is 12.2 Å². The van der Waals surface area contributed by atoms with Crippen LogP contribution in [0.1, 0.15) is 32.1 Å². The van der Waals surface area contributed by atoms with Gasteiger partial charge in [0.15, 0.2) is 0 Å². The van der Waals surface area contributed by atoms with Crippen LogP contribution in [0.5, 0.6) is 0 Å². The third kappa shape index (κ3) is 3.41. The Kier molecular flexibility index (Phi) is 3.41. The van der Waals surface area contributed by atoms with Gasteiger partial charge in [-0.2, -0.15) is 0 Å².